The van der Waals surface area contributed by atoms with Crippen molar-refractivity contribution in [2.75, 3.05) is 13.2 Å². The third-order valence-electron chi connectivity index (χ3n) is 3.22. The van der Waals surface area contributed by atoms with Crippen molar-refractivity contribution in [3.63, 3.8) is 0 Å². The van der Waals surface area contributed by atoms with Gasteiger partial charge < -0.3 is 14.6 Å². The maximum absolute atomic E-state index is 10.6. The highest BCUT2D eigenvalue weighted by atomic mass is 16.7. The Kier molecular flexibility index (Phi) is 6.55. The molecule has 1 N–H and O–H groups in total. The maximum Gasteiger partial charge on any atom is 0.384 e. The molecule has 1 rings (SSSR count). The fraction of sp³-hybridized carbons (Fsp3) is 0.733. The molecule has 0 aromatic heterocycles. The lowest BCUT2D eigenvalue weighted by atomic mass is 9.91. The van der Waals surface area contributed by atoms with E-state index in [9.17, 15) is 4.79 Å². The Morgan fingerprint density at radius 1 is 1.40 bits per heavy atom. The molecule has 0 amide bonds. The van der Waals surface area contributed by atoms with Crippen LogP contribution in [-0.4, -0.2) is 36.4 Å². The SMILES string of the molecule is C=CCC(C)(C)COC(=NC1CCCC1)OCC(=O)O. The molecule has 0 aliphatic heterocycles. The number of ether oxygens (including phenoxy) is 2. The highest BCUT2D eigenvalue weighted by molar-refractivity contribution is 5.74. The van der Waals surface area contributed by atoms with Crippen molar-refractivity contribution in [2.45, 2.75) is 52.0 Å². The fourth-order valence-electron chi connectivity index (χ4n) is 2.13. The Balaban J connectivity index is 2.57. The monoisotopic (exact) mass is 283 g/mol. The molecule has 0 radical (unpaired) electrons. The van der Waals surface area contributed by atoms with E-state index in [1.165, 1.54) is 0 Å². The molecule has 0 bridgehead atoms. The molecule has 0 atom stereocenters. The Morgan fingerprint density at radius 3 is 2.60 bits per heavy atom. The van der Waals surface area contributed by atoms with Gasteiger partial charge in [-0.1, -0.05) is 32.8 Å². The smallest absolute Gasteiger partial charge is 0.384 e. The minimum Gasteiger partial charge on any atom is -0.479 e. The normalized spacial score (nSPS) is 17.0. The summed E-state index contributed by atoms with van der Waals surface area (Å²) in [5, 5.41) is 8.69. The standard InChI is InChI=1S/C15H25NO4/c1-4-9-15(2,3)11-20-14(19-10-13(17)18)16-12-7-5-6-8-12/h4,12H,1,5-11H2,2-3H3,(H,17,18). The van der Waals surface area contributed by atoms with Crippen LogP contribution < -0.4 is 0 Å². The molecule has 1 aliphatic rings. The number of rotatable bonds is 7. The summed E-state index contributed by atoms with van der Waals surface area (Å²) in [5.74, 6) is -1.03. The zero-order valence-corrected chi connectivity index (χ0v) is 12.4. The average Bonchev–Trinajstić information content (AvgIpc) is 2.85. The number of carbonyl (C=O) groups is 1. The number of hydrogen-bond donors (Lipinski definition) is 1. The molecule has 0 heterocycles. The molecular formula is C15H25NO4. The van der Waals surface area contributed by atoms with Crippen molar-refractivity contribution in [1.29, 1.82) is 0 Å². The van der Waals surface area contributed by atoms with Gasteiger partial charge in [0.05, 0.1) is 12.6 Å². The van der Waals surface area contributed by atoms with Crippen molar-refractivity contribution < 1.29 is 19.4 Å². The number of allylic oxidation sites excluding steroid dienone is 1. The third-order valence-corrected chi connectivity index (χ3v) is 3.22. The lowest BCUT2D eigenvalue weighted by molar-refractivity contribution is -0.140. The summed E-state index contributed by atoms with van der Waals surface area (Å²) in [6, 6.07) is 0.196. The molecule has 114 valence electrons. The summed E-state index contributed by atoms with van der Waals surface area (Å²) in [4.78, 5) is 15.0. The Bertz CT molecular complexity index is 357. The zero-order valence-electron chi connectivity index (χ0n) is 12.4. The summed E-state index contributed by atoms with van der Waals surface area (Å²) in [6.45, 7) is 7.83. The molecule has 0 unspecified atom stereocenters. The van der Waals surface area contributed by atoms with Crippen molar-refractivity contribution in [2.24, 2.45) is 10.4 Å². The summed E-state index contributed by atoms with van der Waals surface area (Å²) in [7, 11) is 0. The lowest BCUT2D eigenvalue weighted by Crippen LogP contribution is -2.25. The van der Waals surface area contributed by atoms with E-state index in [-0.39, 0.29) is 17.5 Å². The van der Waals surface area contributed by atoms with Crippen LogP contribution in [0.3, 0.4) is 0 Å². The van der Waals surface area contributed by atoms with Gasteiger partial charge in [0.1, 0.15) is 0 Å². The molecule has 5 nitrogen and oxygen atoms in total. The van der Waals surface area contributed by atoms with E-state index >= 15 is 0 Å². The second-order valence-corrected chi connectivity index (χ2v) is 5.96. The second-order valence-electron chi connectivity index (χ2n) is 5.96. The van der Waals surface area contributed by atoms with Crippen LogP contribution in [0.1, 0.15) is 46.0 Å². The van der Waals surface area contributed by atoms with E-state index in [0.29, 0.717) is 6.61 Å². The topological polar surface area (TPSA) is 68.1 Å². The number of nitrogens with zero attached hydrogens (tertiary/aromatic N) is 1. The largest absolute Gasteiger partial charge is 0.479 e. The van der Waals surface area contributed by atoms with Crippen molar-refractivity contribution in [1.82, 2.24) is 0 Å². The van der Waals surface area contributed by atoms with Gasteiger partial charge in [0.2, 0.25) is 0 Å². The van der Waals surface area contributed by atoms with E-state index in [2.05, 4.69) is 25.4 Å². The van der Waals surface area contributed by atoms with Crippen LogP contribution >= 0.6 is 0 Å². The minimum atomic E-state index is -1.03. The van der Waals surface area contributed by atoms with E-state index in [4.69, 9.17) is 14.6 Å². The van der Waals surface area contributed by atoms with Crippen LogP contribution in [0.4, 0.5) is 0 Å². The van der Waals surface area contributed by atoms with E-state index in [1.807, 2.05) is 6.08 Å². The summed E-state index contributed by atoms with van der Waals surface area (Å²) >= 11 is 0. The molecule has 20 heavy (non-hydrogen) atoms. The van der Waals surface area contributed by atoms with E-state index < -0.39 is 12.6 Å². The molecule has 0 aromatic carbocycles. The molecule has 0 saturated heterocycles. The molecule has 1 fully saturated rings. The first-order valence-corrected chi connectivity index (χ1v) is 7.09. The predicted octanol–water partition coefficient (Wildman–Crippen LogP) is 3.01. The molecule has 0 aromatic rings. The average molecular weight is 283 g/mol. The fourth-order valence-corrected chi connectivity index (χ4v) is 2.13. The molecule has 0 spiro atoms. The zero-order chi connectivity index (χ0) is 15.0. The van der Waals surface area contributed by atoms with Gasteiger partial charge >= 0.3 is 12.1 Å². The van der Waals surface area contributed by atoms with Crippen LogP contribution in [0.25, 0.3) is 0 Å². The molecule has 1 aliphatic carbocycles. The van der Waals surface area contributed by atoms with Crippen LogP contribution in [0.15, 0.2) is 17.6 Å². The maximum atomic E-state index is 10.6. The van der Waals surface area contributed by atoms with E-state index in [0.717, 1.165) is 32.1 Å². The first kappa shape index (κ1) is 16.5. The summed E-state index contributed by atoms with van der Waals surface area (Å²) < 4.78 is 10.7. The quantitative estimate of drug-likeness (QED) is 0.443. The number of aliphatic imine (C=N–C) groups is 1. The van der Waals surface area contributed by atoms with Gasteiger partial charge in [0.25, 0.3) is 0 Å². The van der Waals surface area contributed by atoms with Crippen molar-refractivity contribution in [3.8, 4) is 0 Å². The first-order valence-electron chi connectivity index (χ1n) is 7.09. The molecule has 5 heteroatoms. The molecule has 1 saturated carbocycles. The highest BCUT2D eigenvalue weighted by Gasteiger charge is 2.21. The van der Waals surface area contributed by atoms with Crippen LogP contribution in [0.2, 0.25) is 0 Å². The minimum absolute atomic E-state index is 0.0786. The van der Waals surface area contributed by atoms with Crippen LogP contribution in [0, 0.1) is 5.41 Å². The number of carboxylic acids is 1. The Labute approximate surface area is 120 Å². The lowest BCUT2D eigenvalue weighted by Gasteiger charge is -2.23. The number of carboxylic acid groups (broad SMARTS) is 1. The Morgan fingerprint density at radius 2 is 2.05 bits per heavy atom. The Hall–Kier alpha value is -1.52. The van der Waals surface area contributed by atoms with Gasteiger partial charge in [-0.05, 0) is 19.3 Å². The van der Waals surface area contributed by atoms with Crippen molar-refractivity contribution >= 4 is 12.1 Å². The van der Waals surface area contributed by atoms with Crippen LogP contribution in [0.5, 0.6) is 0 Å². The van der Waals surface area contributed by atoms with Crippen molar-refractivity contribution in [3.05, 3.63) is 12.7 Å². The van der Waals surface area contributed by atoms with Gasteiger partial charge in [-0.2, -0.15) is 0 Å². The van der Waals surface area contributed by atoms with Gasteiger partial charge in [0.15, 0.2) is 6.61 Å². The summed E-state index contributed by atoms with van der Waals surface area (Å²) in [5.41, 5.74) is -0.0786. The number of hydrogen-bond acceptors (Lipinski definition) is 4. The van der Waals surface area contributed by atoms with Gasteiger partial charge in [-0.25, -0.2) is 9.79 Å². The van der Waals surface area contributed by atoms with Crippen LogP contribution in [-0.2, 0) is 14.3 Å². The second kappa shape index (κ2) is 7.92. The van der Waals surface area contributed by atoms with Gasteiger partial charge in [-0.15, -0.1) is 6.58 Å². The van der Waals surface area contributed by atoms with Gasteiger partial charge in [-0.3, -0.25) is 0 Å². The first-order chi connectivity index (χ1) is 9.43. The summed E-state index contributed by atoms with van der Waals surface area (Å²) in [6.07, 6.45) is 7.10. The van der Waals surface area contributed by atoms with E-state index in [1.54, 1.807) is 0 Å². The number of aliphatic carboxylic acids is 1. The third kappa shape index (κ3) is 6.59. The highest BCUT2D eigenvalue weighted by Crippen LogP contribution is 2.23. The van der Waals surface area contributed by atoms with Gasteiger partial charge in [0, 0.05) is 5.41 Å². The molecular weight excluding hydrogens is 258 g/mol. The predicted molar refractivity (Wildman–Crippen MR) is 77.8 cm³/mol.